The number of furan rings is 1. The van der Waals surface area contributed by atoms with Crippen molar-refractivity contribution in [3.63, 3.8) is 0 Å². The van der Waals surface area contributed by atoms with E-state index in [-0.39, 0.29) is 5.91 Å². The van der Waals surface area contributed by atoms with Crippen LogP contribution in [0.25, 0.3) is 0 Å². The summed E-state index contributed by atoms with van der Waals surface area (Å²) < 4.78 is 5.25. The van der Waals surface area contributed by atoms with E-state index in [1.807, 2.05) is 6.92 Å². The van der Waals surface area contributed by atoms with Crippen LogP contribution in [0.1, 0.15) is 35.9 Å². The lowest BCUT2D eigenvalue weighted by Gasteiger charge is -2.14. The van der Waals surface area contributed by atoms with Crippen molar-refractivity contribution in [2.45, 2.75) is 26.2 Å². The summed E-state index contributed by atoms with van der Waals surface area (Å²) in [6.45, 7) is 4.67. The van der Waals surface area contributed by atoms with Gasteiger partial charge in [-0.3, -0.25) is 4.79 Å². The Morgan fingerprint density at radius 2 is 2.44 bits per heavy atom. The molecule has 2 heterocycles. The van der Waals surface area contributed by atoms with E-state index in [1.165, 1.54) is 5.57 Å². The van der Waals surface area contributed by atoms with Crippen LogP contribution < -0.4 is 10.6 Å². The Morgan fingerprint density at radius 3 is 3.17 bits per heavy atom. The van der Waals surface area contributed by atoms with Gasteiger partial charge in [-0.25, -0.2) is 0 Å². The third-order valence-corrected chi connectivity index (χ3v) is 3.20. The fraction of sp³-hybridized carbons (Fsp3) is 0.500. The SMILES string of the molecule is CCc1occc1C(=O)NCCC1=CCNCC1. The molecule has 0 spiro atoms. The average molecular weight is 248 g/mol. The Labute approximate surface area is 107 Å². The second kappa shape index (κ2) is 6.40. The molecule has 4 nitrogen and oxygen atoms in total. The number of amides is 1. The van der Waals surface area contributed by atoms with E-state index in [0.29, 0.717) is 12.1 Å². The predicted octanol–water partition coefficient (Wildman–Crippen LogP) is 1.88. The Balaban J connectivity index is 1.80. The number of hydrogen-bond donors (Lipinski definition) is 2. The van der Waals surface area contributed by atoms with Gasteiger partial charge in [-0.15, -0.1) is 0 Å². The summed E-state index contributed by atoms with van der Waals surface area (Å²) >= 11 is 0. The van der Waals surface area contributed by atoms with Crippen molar-refractivity contribution >= 4 is 5.91 Å². The van der Waals surface area contributed by atoms with E-state index >= 15 is 0 Å². The number of aryl methyl sites for hydroxylation is 1. The maximum atomic E-state index is 11.9. The molecule has 1 aliphatic heterocycles. The Hall–Kier alpha value is -1.55. The molecule has 0 unspecified atom stereocenters. The van der Waals surface area contributed by atoms with Gasteiger partial charge in [0.2, 0.25) is 0 Å². The van der Waals surface area contributed by atoms with Crippen LogP contribution in [0.15, 0.2) is 28.4 Å². The lowest BCUT2D eigenvalue weighted by atomic mass is 10.1. The van der Waals surface area contributed by atoms with Crippen LogP contribution >= 0.6 is 0 Å². The summed E-state index contributed by atoms with van der Waals surface area (Å²) in [4.78, 5) is 11.9. The predicted molar refractivity (Wildman–Crippen MR) is 70.6 cm³/mol. The van der Waals surface area contributed by atoms with Crippen LogP contribution in [0.4, 0.5) is 0 Å². The van der Waals surface area contributed by atoms with E-state index in [1.54, 1.807) is 12.3 Å². The van der Waals surface area contributed by atoms with Crippen molar-refractivity contribution in [2.75, 3.05) is 19.6 Å². The molecule has 0 aliphatic carbocycles. The summed E-state index contributed by atoms with van der Waals surface area (Å²) in [7, 11) is 0. The number of carbonyl (C=O) groups is 1. The summed E-state index contributed by atoms with van der Waals surface area (Å²) in [5.74, 6) is 0.726. The first kappa shape index (κ1) is 12.9. The number of carbonyl (C=O) groups excluding carboxylic acids is 1. The van der Waals surface area contributed by atoms with E-state index in [0.717, 1.165) is 38.1 Å². The van der Waals surface area contributed by atoms with Gasteiger partial charge in [0.25, 0.3) is 5.91 Å². The second-order valence-electron chi connectivity index (χ2n) is 4.43. The van der Waals surface area contributed by atoms with E-state index in [4.69, 9.17) is 4.42 Å². The monoisotopic (exact) mass is 248 g/mol. The van der Waals surface area contributed by atoms with Crippen LogP contribution in [-0.2, 0) is 6.42 Å². The number of nitrogens with one attached hydrogen (secondary N) is 2. The Bertz CT molecular complexity index is 435. The van der Waals surface area contributed by atoms with Crippen molar-refractivity contribution < 1.29 is 9.21 Å². The van der Waals surface area contributed by atoms with Crippen molar-refractivity contribution in [1.29, 1.82) is 0 Å². The normalized spacial score (nSPS) is 15.3. The highest BCUT2D eigenvalue weighted by Gasteiger charge is 2.12. The zero-order chi connectivity index (χ0) is 12.8. The molecule has 4 heteroatoms. The van der Waals surface area contributed by atoms with E-state index in [9.17, 15) is 4.79 Å². The van der Waals surface area contributed by atoms with Crippen LogP contribution in [0.2, 0.25) is 0 Å². The van der Waals surface area contributed by atoms with Crippen molar-refractivity contribution in [3.05, 3.63) is 35.3 Å². The largest absolute Gasteiger partial charge is 0.469 e. The van der Waals surface area contributed by atoms with Gasteiger partial charge >= 0.3 is 0 Å². The molecule has 18 heavy (non-hydrogen) atoms. The molecule has 1 aromatic heterocycles. The first-order chi connectivity index (χ1) is 8.81. The minimum absolute atomic E-state index is 0.0323. The highest BCUT2D eigenvalue weighted by Crippen LogP contribution is 2.12. The molecule has 0 saturated carbocycles. The highest BCUT2D eigenvalue weighted by atomic mass is 16.3. The lowest BCUT2D eigenvalue weighted by molar-refractivity contribution is 0.0952. The topological polar surface area (TPSA) is 54.3 Å². The molecule has 0 fully saturated rings. The van der Waals surface area contributed by atoms with Crippen LogP contribution in [0.5, 0.6) is 0 Å². The summed E-state index contributed by atoms with van der Waals surface area (Å²) in [6.07, 6.45) is 6.55. The highest BCUT2D eigenvalue weighted by molar-refractivity contribution is 5.95. The minimum Gasteiger partial charge on any atom is -0.469 e. The molecule has 0 atom stereocenters. The average Bonchev–Trinajstić information content (AvgIpc) is 2.88. The summed E-state index contributed by atoms with van der Waals surface area (Å²) in [5.41, 5.74) is 2.09. The van der Waals surface area contributed by atoms with Crippen molar-refractivity contribution in [1.82, 2.24) is 10.6 Å². The van der Waals surface area contributed by atoms with Crippen molar-refractivity contribution in [2.24, 2.45) is 0 Å². The van der Waals surface area contributed by atoms with Gasteiger partial charge in [-0.05, 0) is 25.5 Å². The maximum absolute atomic E-state index is 11.9. The molecule has 2 rings (SSSR count). The summed E-state index contributed by atoms with van der Waals surface area (Å²) in [5, 5.41) is 6.22. The number of rotatable bonds is 5. The van der Waals surface area contributed by atoms with Gasteiger partial charge in [0.1, 0.15) is 5.76 Å². The maximum Gasteiger partial charge on any atom is 0.254 e. The van der Waals surface area contributed by atoms with E-state index in [2.05, 4.69) is 16.7 Å². The van der Waals surface area contributed by atoms with E-state index < -0.39 is 0 Å². The van der Waals surface area contributed by atoms with Gasteiger partial charge in [0.05, 0.1) is 11.8 Å². The number of hydrogen-bond acceptors (Lipinski definition) is 3. The Morgan fingerprint density at radius 1 is 1.56 bits per heavy atom. The molecular formula is C14H20N2O2. The first-order valence-corrected chi connectivity index (χ1v) is 6.54. The molecule has 1 amide bonds. The lowest BCUT2D eigenvalue weighted by Crippen LogP contribution is -2.27. The molecular weight excluding hydrogens is 228 g/mol. The first-order valence-electron chi connectivity index (χ1n) is 6.54. The molecule has 0 aromatic carbocycles. The fourth-order valence-electron chi connectivity index (χ4n) is 2.15. The van der Waals surface area contributed by atoms with Gasteiger partial charge < -0.3 is 15.1 Å². The minimum atomic E-state index is -0.0323. The smallest absolute Gasteiger partial charge is 0.254 e. The fourth-order valence-corrected chi connectivity index (χ4v) is 2.15. The van der Waals surface area contributed by atoms with Gasteiger partial charge in [-0.2, -0.15) is 0 Å². The standard InChI is InChI=1S/C14H20N2O2/c1-2-13-12(6-10-18-13)14(17)16-9-5-11-3-7-15-8-4-11/h3,6,10,15H,2,4-5,7-9H2,1H3,(H,16,17). The van der Waals surface area contributed by atoms with Crippen LogP contribution in [0.3, 0.4) is 0 Å². The van der Waals surface area contributed by atoms with Gasteiger partial charge in [-0.1, -0.05) is 18.6 Å². The van der Waals surface area contributed by atoms with Crippen molar-refractivity contribution in [3.8, 4) is 0 Å². The quantitative estimate of drug-likeness (QED) is 0.782. The third kappa shape index (κ3) is 3.23. The second-order valence-corrected chi connectivity index (χ2v) is 4.43. The molecule has 0 saturated heterocycles. The van der Waals surface area contributed by atoms with Crippen LogP contribution in [0, 0.1) is 0 Å². The molecule has 2 N–H and O–H groups in total. The summed E-state index contributed by atoms with van der Waals surface area (Å²) in [6, 6.07) is 1.73. The van der Waals surface area contributed by atoms with Gasteiger partial charge in [0, 0.05) is 19.5 Å². The zero-order valence-electron chi connectivity index (χ0n) is 10.8. The molecule has 0 bridgehead atoms. The van der Waals surface area contributed by atoms with Crippen LogP contribution in [-0.4, -0.2) is 25.5 Å². The molecule has 98 valence electrons. The van der Waals surface area contributed by atoms with Gasteiger partial charge in [0.15, 0.2) is 0 Å². The zero-order valence-corrected chi connectivity index (χ0v) is 10.8. The Kier molecular flexibility index (Phi) is 4.59. The molecule has 1 aromatic rings. The molecule has 1 aliphatic rings. The molecule has 0 radical (unpaired) electrons. The third-order valence-electron chi connectivity index (χ3n) is 3.20.